The lowest BCUT2D eigenvalue weighted by Gasteiger charge is -2.17. The molecule has 0 fully saturated rings. The molecule has 0 spiro atoms. The molecule has 0 aliphatic carbocycles. The van der Waals surface area contributed by atoms with Crippen molar-refractivity contribution in [3.05, 3.63) is 103 Å². The Bertz CT molecular complexity index is 1330. The molecule has 0 unspecified atom stereocenters. The quantitative estimate of drug-likeness (QED) is 0.0934. The van der Waals surface area contributed by atoms with E-state index in [0.717, 1.165) is 0 Å². The lowest BCUT2D eigenvalue weighted by Crippen LogP contribution is -2.13. The average Bonchev–Trinajstić information content (AvgIpc) is 2.91. The van der Waals surface area contributed by atoms with Crippen LogP contribution in [0.5, 0.6) is 11.5 Å². The van der Waals surface area contributed by atoms with E-state index in [4.69, 9.17) is 25.8 Å². The van der Waals surface area contributed by atoms with Gasteiger partial charge in [-0.05, 0) is 47.0 Å². The summed E-state index contributed by atoms with van der Waals surface area (Å²) in [5.41, 5.74) is 1.60. The molecule has 0 N–H and O–H groups in total. The highest BCUT2D eigenvalue weighted by Crippen LogP contribution is 2.32. The van der Waals surface area contributed by atoms with Crippen LogP contribution in [-0.2, 0) is 29.2 Å². The number of carbonyl (C=O) groups excluding carboxylic acids is 2. The first-order chi connectivity index (χ1) is 18.2. The van der Waals surface area contributed by atoms with Gasteiger partial charge in [0.1, 0.15) is 24.7 Å². The molecule has 0 aromatic heterocycles. The molecule has 3 aromatic carbocycles. The summed E-state index contributed by atoms with van der Waals surface area (Å²) in [6, 6.07) is 14.6. The van der Waals surface area contributed by atoms with Crippen molar-refractivity contribution >= 4 is 34.7 Å². The minimum absolute atomic E-state index is 0.00732. The molecule has 0 amide bonds. The molecule has 0 saturated carbocycles. The Labute approximate surface area is 222 Å². The van der Waals surface area contributed by atoms with E-state index >= 15 is 0 Å². The van der Waals surface area contributed by atoms with E-state index in [1.165, 1.54) is 55.6 Å². The fraction of sp³-hybridized carbons (Fsp3) is 0.231. The first-order valence-electron chi connectivity index (χ1n) is 11.3. The zero-order valence-corrected chi connectivity index (χ0v) is 21.0. The van der Waals surface area contributed by atoms with Crippen molar-refractivity contribution in [3.8, 4) is 11.5 Å². The number of halogens is 1. The standard InChI is InChI=1S/C26H23ClN2O9/c1-36-25(31)13-19-12-22(37-15-17-2-6-20(7-3-17)28(32)33)14-24(26(19)23(30)10-11-27)38-16-18-4-8-21(9-5-18)29(34)35/h2-9,12,14H,10-11,13,15-16H2,1H3. The van der Waals surface area contributed by atoms with E-state index in [1.54, 1.807) is 12.1 Å². The van der Waals surface area contributed by atoms with Crippen molar-refractivity contribution in [2.24, 2.45) is 0 Å². The number of rotatable bonds is 13. The smallest absolute Gasteiger partial charge is 0.310 e. The van der Waals surface area contributed by atoms with Gasteiger partial charge in [0.25, 0.3) is 11.4 Å². The second-order valence-corrected chi connectivity index (χ2v) is 8.37. The number of nitro benzene ring substituents is 2. The summed E-state index contributed by atoms with van der Waals surface area (Å²) in [4.78, 5) is 45.9. The normalized spacial score (nSPS) is 10.5. The SMILES string of the molecule is COC(=O)Cc1cc(OCc2ccc([N+](=O)[O-])cc2)cc(OCc2ccc([N+](=O)[O-])cc2)c1C(=O)CCCl. The molecule has 0 saturated heterocycles. The molecular formula is C26H23ClN2O9. The number of benzene rings is 3. The molecule has 3 rings (SSSR count). The highest BCUT2D eigenvalue weighted by Gasteiger charge is 2.22. The van der Waals surface area contributed by atoms with Gasteiger partial charge in [-0.3, -0.25) is 29.8 Å². The molecule has 0 atom stereocenters. The topological polar surface area (TPSA) is 148 Å². The van der Waals surface area contributed by atoms with Crippen LogP contribution in [0.1, 0.15) is 33.5 Å². The summed E-state index contributed by atoms with van der Waals surface area (Å²) in [5.74, 6) is -0.461. The van der Waals surface area contributed by atoms with Crippen molar-refractivity contribution in [2.45, 2.75) is 26.1 Å². The minimum atomic E-state index is -0.584. The van der Waals surface area contributed by atoms with Gasteiger partial charge in [-0.2, -0.15) is 0 Å². The van der Waals surface area contributed by atoms with Gasteiger partial charge in [0.2, 0.25) is 0 Å². The Morgan fingerprint density at radius 1 is 0.842 bits per heavy atom. The summed E-state index contributed by atoms with van der Waals surface area (Å²) in [7, 11) is 1.23. The third-order valence-electron chi connectivity index (χ3n) is 5.41. The van der Waals surface area contributed by atoms with Gasteiger partial charge in [-0.1, -0.05) is 0 Å². The Balaban J connectivity index is 1.94. The predicted molar refractivity (Wildman–Crippen MR) is 137 cm³/mol. The fourth-order valence-electron chi connectivity index (χ4n) is 3.49. The third-order valence-corrected chi connectivity index (χ3v) is 5.60. The second kappa shape index (κ2) is 13.2. The van der Waals surface area contributed by atoms with Crippen LogP contribution >= 0.6 is 11.6 Å². The molecule has 0 heterocycles. The minimum Gasteiger partial charge on any atom is -0.489 e. The van der Waals surface area contributed by atoms with Gasteiger partial charge in [-0.25, -0.2) is 0 Å². The van der Waals surface area contributed by atoms with Gasteiger partial charge < -0.3 is 14.2 Å². The number of hydrogen-bond donors (Lipinski definition) is 0. The van der Waals surface area contributed by atoms with E-state index in [-0.39, 0.29) is 66.2 Å². The Hall–Kier alpha value is -4.51. The second-order valence-electron chi connectivity index (χ2n) is 8.00. The largest absolute Gasteiger partial charge is 0.489 e. The fourth-order valence-corrected chi connectivity index (χ4v) is 3.66. The molecule has 3 aromatic rings. The van der Waals surface area contributed by atoms with E-state index < -0.39 is 15.8 Å². The number of hydrogen-bond acceptors (Lipinski definition) is 9. The van der Waals surface area contributed by atoms with Gasteiger partial charge >= 0.3 is 5.97 Å². The molecule has 12 heteroatoms. The molecule has 0 bridgehead atoms. The molecular weight excluding hydrogens is 520 g/mol. The number of ketones is 1. The highest BCUT2D eigenvalue weighted by atomic mass is 35.5. The van der Waals surface area contributed by atoms with Crippen LogP contribution in [0.15, 0.2) is 60.7 Å². The van der Waals surface area contributed by atoms with Gasteiger partial charge in [0.15, 0.2) is 5.78 Å². The van der Waals surface area contributed by atoms with Crippen LogP contribution in [0.25, 0.3) is 0 Å². The van der Waals surface area contributed by atoms with Gasteiger partial charge in [-0.15, -0.1) is 11.6 Å². The molecule has 11 nitrogen and oxygen atoms in total. The summed E-state index contributed by atoms with van der Waals surface area (Å²) >= 11 is 5.80. The van der Waals surface area contributed by atoms with Crippen molar-refractivity contribution < 1.29 is 33.6 Å². The van der Waals surface area contributed by atoms with Crippen LogP contribution < -0.4 is 9.47 Å². The maximum absolute atomic E-state index is 13.0. The molecule has 0 aliphatic heterocycles. The van der Waals surface area contributed by atoms with E-state index in [9.17, 15) is 29.8 Å². The first kappa shape index (κ1) is 28.1. The van der Waals surface area contributed by atoms with Gasteiger partial charge in [0, 0.05) is 42.6 Å². The monoisotopic (exact) mass is 542 g/mol. The van der Waals surface area contributed by atoms with Crippen molar-refractivity contribution in [2.75, 3.05) is 13.0 Å². The van der Waals surface area contributed by atoms with Crippen LogP contribution in [-0.4, -0.2) is 34.6 Å². The zero-order valence-electron chi connectivity index (χ0n) is 20.3. The van der Waals surface area contributed by atoms with E-state index in [1.807, 2.05) is 0 Å². The Morgan fingerprint density at radius 3 is 1.84 bits per heavy atom. The first-order valence-corrected chi connectivity index (χ1v) is 11.8. The van der Waals surface area contributed by atoms with Crippen molar-refractivity contribution in [3.63, 3.8) is 0 Å². The van der Waals surface area contributed by atoms with E-state index in [0.29, 0.717) is 16.7 Å². The molecule has 0 aliphatic rings. The number of methoxy groups -OCH3 is 1. The number of alkyl halides is 1. The number of nitro groups is 2. The maximum atomic E-state index is 13.0. The average molecular weight is 543 g/mol. The number of carbonyl (C=O) groups is 2. The summed E-state index contributed by atoms with van der Waals surface area (Å²) in [6.45, 7) is 0.0229. The number of non-ortho nitro benzene ring substituents is 2. The number of esters is 1. The summed E-state index contributed by atoms with van der Waals surface area (Å²) in [5, 5.41) is 21.8. The number of nitrogens with zero attached hydrogens (tertiary/aromatic N) is 2. The lowest BCUT2D eigenvalue weighted by atomic mass is 9.97. The van der Waals surface area contributed by atoms with Crippen molar-refractivity contribution in [1.29, 1.82) is 0 Å². The maximum Gasteiger partial charge on any atom is 0.310 e. The Kier molecular flexibility index (Phi) is 9.72. The van der Waals surface area contributed by atoms with Gasteiger partial charge in [0.05, 0.1) is 28.9 Å². The van der Waals surface area contributed by atoms with Crippen LogP contribution in [0, 0.1) is 20.2 Å². The van der Waals surface area contributed by atoms with E-state index in [2.05, 4.69) is 0 Å². The number of Topliss-reactive ketones (excluding diaryl/α,β-unsaturated/α-hetero) is 1. The zero-order chi connectivity index (χ0) is 27.7. The Morgan fingerprint density at radius 2 is 1.37 bits per heavy atom. The molecule has 0 radical (unpaired) electrons. The third kappa shape index (κ3) is 7.50. The summed E-state index contributed by atoms with van der Waals surface area (Å²) < 4.78 is 16.6. The highest BCUT2D eigenvalue weighted by molar-refractivity contribution is 6.20. The van der Waals surface area contributed by atoms with Crippen molar-refractivity contribution in [1.82, 2.24) is 0 Å². The molecule has 198 valence electrons. The predicted octanol–water partition coefficient (Wildman–Crippen LogP) is 5.19. The van der Waals surface area contributed by atoms with Crippen LogP contribution in [0.2, 0.25) is 0 Å². The lowest BCUT2D eigenvalue weighted by molar-refractivity contribution is -0.385. The number of ether oxygens (including phenoxy) is 3. The summed E-state index contributed by atoms with van der Waals surface area (Å²) in [6.07, 6.45) is -0.241. The molecule has 38 heavy (non-hydrogen) atoms. The van der Waals surface area contributed by atoms with Crippen LogP contribution in [0.3, 0.4) is 0 Å². The van der Waals surface area contributed by atoms with Crippen LogP contribution in [0.4, 0.5) is 11.4 Å².